The second-order valence-corrected chi connectivity index (χ2v) is 16.6. The Labute approximate surface area is 346 Å². The lowest BCUT2D eigenvalue weighted by molar-refractivity contribution is -0.150. The van der Waals surface area contributed by atoms with Gasteiger partial charge in [0.05, 0.1) is 38.4 Å². The molecule has 4 aromatic rings. The maximum Gasteiger partial charge on any atom is 0.410 e. The number of amides is 2. The van der Waals surface area contributed by atoms with Crippen LogP contribution in [0.1, 0.15) is 88.3 Å². The smallest absolute Gasteiger partial charge is 0.410 e. The quantitative estimate of drug-likeness (QED) is 0.143. The molecule has 1 saturated heterocycles. The Balaban J connectivity index is 0.000000248. The lowest BCUT2D eigenvalue weighted by atomic mass is 9.73. The number of hydrogen-bond acceptors (Lipinski definition) is 11. The molecule has 14 nitrogen and oxygen atoms in total. The van der Waals surface area contributed by atoms with Crippen molar-refractivity contribution < 1.29 is 38.1 Å². The molecule has 2 amide bonds. The van der Waals surface area contributed by atoms with Crippen LogP contribution in [0.4, 0.5) is 4.79 Å². The van der Waals surface area contributed by atoms with E-state index in [0.717, 1.165) is 16.7 Å². The third-order valence-electron chi connectivity index (χ3n) is 10.8. The normalized spacial score (nSPS) is 17.9. The lowest BCUT2D eigenvalue weighted by Crippen LogP contribution is -2.51. The van der Waals surface area contributed by atoms with E-state index in [0.29, 0.717) is 63.6 Å². The van der Waals surface area contributed by atoms with Gasteiger partial charge >= 0.3 is 18.0 Å². The van der Waals surface area contributed by atoms with Crippen molar-refractivity contribution in [2.24, 2.45) is 5.73 Å². The highest BCUT2D eigenvalue weighted by molar-refractivity contribution is 5.86. The molecule has 0 aliphatic carbocycles. The first-order valence-corrected chi connectivity index (χ1v) is 19.9. The Morgan fingerprint density at radius 2 is 1.25 bits per heavy atom. The fourth-order valence-electron chi connectivity index (χ4n) is 7.49. The van der Waals surface area contributed by atoms with E-state index in [1.54, 1.807) is 18.7 Å². The summed E-state index contributed by atoms with van der Waals surface area (Å²) < 4.78 is 23.6. The summed E-state index contributed by atoms with van der Waals surface area (Å²) in [6, 6.07) is 28.5. The summed E-state index contributed by atoms with van der Waals surface area (Å²) in [6.45, 7) is 10.8. The number of rotatable bonds is 11. The molecule has 3 heterocycles. The van der Waals surface area contributed by atoms with Crippen LogP contribution in [0.5, 0.6) is 0 Å². The van der Waals surface area contributed by atoms with Crippen molar-refractivity contribution in [1.82, 2.24) is 25.0 Å². The number of ether oxygens (including phenoxy) is 4. The van der Waals surface area contributed by atoms with Gasteiger partial charge in [0.25, 0.3) is 0 Å². The van der Waals surface area contributed by atoms with E-state index >= 15 is 0 Å². The number of aromatic nitrogens is 3. The largest absolute Gasteiger partial charge is 0.468 e. The van der Waals surface area contributed by atoms with Gasteiger partial charge in [-0.3, -0.25) is 14.4 Å². The number of piperidine rings is 1. The molecule has 1 unspecified atom stereocenters. The summed E-state index contributed by atoms with van der Waals surface area (Å²) in [6.07, 6.45) is 1.58. The third kappa shape index (κ3) is 10.7. The summed E-state index contributed by atoms with van der Waals surface area (Å²) in [4.78, 5) is 52.1. The fourth-order valence-corrected chi connectivity index (χ4v) is 7.49. The molecule has 2 aliphatic rings. The number of carbonyl (C=O) groups is 4. The van der Waals surface area contributed by atoms with Gasteiger partial charge in [-0.05, 0) is 70.6 Å². The van der Waals surface area contributed by atoms with Gasteiger partial charge < -0.3 is 39.5 Å². The van der Waals surface area contributed by atoms with Gasteiger partial charge in [-0.25, -0.2) is 4.79 Å². The molecule has 1 fully saturated rings. The van der Waals surface area contributed by atoms with Gasteiger partial charge in [0.2, 0.25) is 5.91 Å². The second-order valence-electron chi connectivity index (χ2n) is 16.6. The van der Waals surface area contributed by atoms with Gasteiger partial charge in [-0.1, -0.05) is 91.0 Å². The SMILES string of the molecule is COC(=O)C1(c2ccccc2)CCN(C(=O)OC(C)(C)C)CC1.COC(=O)C1(c2ccccc2)CCn2c(nnc2[C@@H](COCc2ccccc2)NC(=O)C(C)(C)N)C1. The summed E-state index contributed by atoms with van der Waals surface area (Å²) >= 11 is 0. The zero-order valence-electron chi connectivity index (χ0n) is 35.2. The molecule has 0 saturated carbocycles. The number of nitrogens with zero attached hydrogens (tertiary/aromatic N) is 4. The molecule has 1 aromatic heterocycles. The van der Waals surface area contributed by atoms with Gasteiger partial charge in [-0.2, -0.15) is 0 Å². The summed E-state index contributed by atoms with van der Waals surface area (Å²) in [7, 11) is 2.81. The van der Waals surface area contributed by atoms with Crippen LogP contribution in [0.15, 0.2) is 91.0 Å². The van der Waals surface area contributed by atoms with E-state index in [4.69, 9.17) is 24.7 Å². The van der Waals surface area contributed by atoms with Crippen molar-refractivity contribution in [3.8, 4) is 0 Å². The molecule has 2 aliphatic heterocycles. The van der Waals surface area contributed by atoms with Crippen LogP contribution in [0.2, 0.25) is 0 Å². The number of likely N-dealkylation sites (tertiary alicyclic amines) is 1. The number of esters is 2. The van der Waals surface area contributed by atoms with Crippen molar-refractivity contribution >= 4 is 23.9 Å². The van der Waals surface area contributed by atoms with E-state index in [-0.39, 0.29) is 30.5 Å². The second kappa shape index (κ2) is 19.0. The Kier molecular flexibility index (Phi) is 14.3. The lowest BCUT2D eigenvalue weighted by Gasteiger charge is -2.40. The predicted molar refractivity (Wildman–Crippen MR) is 221 cm³/mol. The van der Waals surface area contributed by atoms with Crippen molar-refractivity contribution in [2.45, 2.75) is 101 Å². The third-order valence-corrected chi connectivity index (χ3v) is 10.8. The van der Waals surface area contributed by atoms with Gasteiger partial charge in [0.1, 0.15) is 22.9 Å². The van der Waals surface area contributed by atoms with Crippen molar-refractivity contribution in [1.29, 1.82) is 0 Å². The van der Waals surface area contributed by atoms with E-state index in [2.05, 4.69) is 15.5 Å². The van der Waals surface area contributed by atoms with Gasteiger partial charge in [0, 0.05) is 26.1 Å². The minimum atomic E-state index is -1.07. The topological polar surface area (TPSA) is 177 Å². The molecule has 0 bridgehead atoms. The molecule has 3 aromatic carbocycles. The summed E-state index contributed by atoms with van der Waals surface area (Å²) in [5.74, 6) is 0.358. The molecule has 316 valence electrons. The van der Waals surface area contributed by atoms with E-state index in [9.17, 15) is 19.2 Å². The minimum Gasteiger partial charge on any atom is -0.468 e. The first kappa shape index (κ1) is 44.5. The number of hydrogen-bond donors (Lipinski definition) is 2. The molecule has 0 spiro atoms. The average molecular weight is 811 g/mol. The van der Waals surface area contributed by atoms with Crippen LogP contribution in [0.3, 0.4) is 0 Å². The number of nitrogens with one attached hydrogen (secondary N) is 1. The summed E-state index contributed by atoms with van der Waals surface area (Å²) in [5, 5.41) is 11.8. The fraction of sp³-hybridized carbons (Fsp3) is 0.467. The van der Waals surface area contributed by atoms with E-state index in [1.807, 2.05) is 116 Å². The molecule has 2 atom stereocenters. The maximum absolute atomic E-state index is 13.0. The predicted octanol–water partition coefficient (Wildman–Crippen LogP) is 5.58. The zero-order valence-corrected chi connectivity index (χ0v) is 35.2. The summed E-state index contributed by atoms with van der Waals surface area (Å²) in [5.41, 5.74) is 5.76. The monoisotopic (exact) mass is 810 g/mol. The van der Waals surface area contributed by atoms with Gasteiger partial charge in [0.15, 0.2) is 5.82 Å². The molecule has 59 heavy (non-hydrogen) atoms. The Hall–Kier alpha value is -5.60. The number of nitrogens with two attached hydrogens (primary N) is 1. The van der Waals surface area contributed by atoms with Crippen LogP contribution in [0, 0.1) is 0 Å². The first-order chi connectivity index (χ1) is 28.0. The standard InChI is InChI=1S/C27H33N5O4.C18H25NO4/c1-26(2,28)24(33)29-21(18-36-17-19-10-6-4-7-11-19)23-31-30-22-16-27(25(34)35-3,14-15-32(22)23)20-12-8-5-9-13-20;1-17(2,3)23-16(21)19-12-10-18(11-13-19,15(20)22-4)14-8-6-5-7-9-14/h4-13,21H,14-18,28H2,1-3H3,(H,29,33);5-9H,10-13H2,1-4H3/t21-,27?;/m1./s1. The Morgan fingerprint density at radius 1 is 0.746 bits per heavy atom. The van der Waals surface area contributed by atoms with Crippen LogP contribution in [0.25, 0.3) is 0 Å². The number of carbonyl (C=O) groups excluding carboxylic acids is 4. The number of methoxy groups -OCH3 is 2. The van der Waals surface area contributed by atoms with Gasteiger partial charge in [-0.15, -0.1) is 10.2 Å². The molecule has 14 heteroatoms. The van der Waals surface area contributed by atoms with Crippen molar-refractivity contribution in [3.05, 3.63) is 119 Å². The zero-order chi connectivity index (χ0) is 42.8. The first-order valence-electron chi connectivity index (χ1n) is 19.9. The highest BCUT2D eigenvalue weighted by Gasteiger charge is 2.47. The Morgan fingerprint density at radius 3 is 1.78 bits per heavy atom. The van der Waals surface area contributed by atoms with Crippen molar-refractivity contribution in [3.63, 3.8) is 0 Å². The molecular formula is C45H58N6O8. The van der Waals surface area contributed by atoms with Crippen LogP contribution in [-0.2, 0) is 63.7 Å². The molecular weight excluding hydrogens is 753 g/mol. The maximum atomic E-state index is 13.0. The van der Waals surface area contributed by atoms with E-state index in [1.165, 1.54) is 14.2 Å². The van der Waals surface area contributed by atoms with E-state index < -0.39 is 28.0 Å². The average Bonchev–Trinajstić information content (AvgIpc) is 3.66. The molecule has 3 N–H and O–H groups in total. The Bertz CT molecular complexity index is 2020. The van der Waals surface area contributed by atoms with Crippen molar-refractivity contribution in [2.75, 3.05) is 33.9 Å². The number of benzene rings is 3. The highest BCUT2D eigenvalue weighted by atomic mass is 16.6. The minimum absolute atomic E-state index is 0.190. The molecule has 0 radical (unpaired) electrons. The van der Waals surface area contributed by atoms with Crippen LogP contribution >= 0.6 is 0 Å². The van der Waals surface area contributed by atoms with Crippen LogP contribution < -0.4 is 11.1 Å². The number of fused-ring (bicyclic) bond motifs is 1. The highest BCUT2D eigenvalue weighted by Crippen LogP contribution is 2.39. The molecule has 6 rings (SSSR count). The van der Waals surface area contributed by atoms with Crippen LogP contribution in [-0.4, -0.2) is 88.7 Å².